The van der Waals surface area contributed by atoms with Gasteiger partial charge in [-0.25, -0.2) is 0 Å². The molecule has 34 heavy (non-hydrogen) atoms. The van der Waals surface area contributed by atoms with Crippen LogP contribution in [0.5, 0.6) is 0 Å². The van der Waals surface area contributed by atoms with E-state index in [1.807, 2.05) is 18.2 Å². The van der Waals surface area contributed by atoms with Crippen molar-refractivity contribution in [2.75, 3.05) is 57.0 Å². The Kier molecular flexibility index (Phi) is 10.2. The van der Waals surface area contributed by atoms with Gasteiger partial charge in [-0.05, 0) is 49.6 Å². The van der Waals surface area contributed by atoms with Crippen LogP contribution in [-0.4, -0.2) is 66.6 Å². The van der Waals surface area contributed by atoms with E-state index < -0.39 is 0 Å². The number of carbonyl (C=O) groups excluding carboxylic acids is 1. The zero-order valence-electron chi connectivity index (χ0n) is 20.3. The molecule has 4 N–H and O–H groups in total. The van der Waals surface area contributed by atoms with E-state index in [2.05, 4.69) is 38.9 Å². The first-order valence-corrected chi connectivity index (χ1v) is 12.2. The molecule has 0 unspecified atom stereocenters. The van der Waals surface area contributed by atoms with Gasteiger partial charge in [0, 0.05) is 38.9 Å². The quantitative estimate of drug-likeness (QED) is 0.308. The monoisotopic (exact) mass is 466 g/mol. The highest BCUT2D eigenvalue weighted by molar-refractivity contribution is 6.04. The van der Waals surface area contributed by atoms with E-state index >= 15 is 0 Å². The topological polar surface area (TPSA) is 95.8 Å². The van der Waals surface area contributed by atoms with E-state index in [4.69, 9.17) is 10.5 Å². The van der Waals surface area contributed by atoms with E-state index in [1.165, 1.54) is 0 Å². The van der Waals surface area contributed by atoms with Gasteiger partial charge in [-0.2, -0.15) is 0 Å². The molecule has 1 aromatic carbocycles. The van der Waals surface area contributed by atoms with Crippen LogP contribution < -0.4 is 16.4 Å². The molecule has 0 aliphatic carbocycles. The van der Waals surface area contributed by atoms with Crippen molar-refractivity contribution >= 4 is 17.3 Å². The van der Waals surface area contributed by atoms with Crippen molar-refractivity contribution in [1.29, 1.82) is 0 Å². The lowest BCUT2D eigenvalue weighted by molar-refractivity contribution is 0.0369. The number of benzene rings is 1. The fourth-order valence-corrected chi connectivity index (χ4v) is 3.82. The van der Waals surface area contributed by atoms with Crippen LogP contribution in [0.3, 0.4) is 0 Å². The molecule has 0 radical (unpaired) electrons. The van der Waals surface area contributed by atoms with Gasteiger partial charge in [-0.1, -0.05) is 31.7 Å². The van der Waals surface area contributed by atoms with Crippen LogP contribution in [0.15, 0.2) is 55.0 Å². The molecule has 1 amide bonds. The number of amides is 1. The van der Waals surface area contributed by atoms with Crippen molar-refractivity contribution in [3.8, 4) is 0 Å². The normalized spacial score (nSPS) is 13.9. The summed E-state index contributed by atoms with van der Waals surface area (Å²) in [6.45, 7) is 13.7. The maximum atomic E-state index is 12.6. The van der Waals surface area contributed by atoms with Crippen molar-refractivity contribution in [1.82, 2.24) is 20.1 Å². The van der Waals surface area contributed by atoms with Crippen molar-refractivity contribution in [3.63, 3.8) is 0 Å². The smallest absolute Gasteiger partial charge is 0.274 e. The molecule has 184 valence electrons. The predicted molar refractivity (Wildman–Crippen MR) is 137 cm³/mol. The third kappa shape index (κ3) is 8.04. The van der Waals surface area contributed by atoms with Crippen LogP contribution in [0.1, 0.15) is 42.2 Å². The number of carbonyl (C=O) groups is 1. The van der Waals surface area contributed by atoms with Gasteiger partial charge < -0.3 is 26.0 Å². The Morgan fingerprint density at radius 2 is 2.00 bits per heavy atom. The van der Waals surface area contributed by atoms with Crippen molar-refractivity contribution in [2.24, 2.45) is 0 Å². The number of hydrogen-bond acceptors (Lipinski definition) is 7. The van der Waals surface area contributed by atoms with Gasteiger partial charge in [0.05, 0.1) is 30.4 Å². The maximum Gasteiger partial charge on any atom is 0.274 e. The average molecular weight is 467 g/mol. The van der Waals surface area contributed by atoms with Crippen LogP contribution in [0.4, 0.5) is 11.4 Å². The second kappa shape index (κ2) is 13.6. The standard InChI is InChI=1S/C26H38N6O2/c1-3-12-28-21(2)32(14-7-6-13-31-15-17-34-18-16-31)20-22-10-11-25(29-19-22)26(33)30-24-9-5-4-8-23(24)27/h4-5,8-11,19,28H,2-3,6-7,12-18,20,27H2,1H3,(H,30,33). The van der Waals surface area contributed by atoms with Gasteiger partial charge >= 0.3 is 0 Å². The third-order valence-corrected chi connectivity index (χ3v) is 5.86. The molecular weight excluding hydrogens is 428 g/mol. The van der Waals surface area contributed by atoms with Gasteiger partial charge in [0.15, 0.2) is 0 Å². The Bertz CT molecular complexity index is 912. The Balaban J connectivity index is 1.54. The van der Waals surface area contributed by atoms with E-state index in [-0.39, 0.29) is 5.91 Å². The minimum Gasteiger partial charge on any atom is -0.397 e. The van der Waals surface area contributed by atoms with Crippen LogP contribution >= 0.6 is 0 Å². The number of pyridine rings is 1. The first kappa shape index (κ1) is 25.5. The van der Waals surface area contributed by atoms with E-state index in [0.717, 1.165) is 76.6 Å². The number of nitrogen functional groups attached to an aromatic ring is 1. The van der Waals surface area contributed by atoms with Gasteiger partial charge in [-0.3, -0.25) is 14.7 Å². The number of nitrogens with two attached hydrogens (primary N) is 1. The number of nitrogens with one attached hydrogen (secondary N) is 2. The summed E-state index contributed by atoms with van der Waals surface area (Å²) in [7, 11) is 0. The summed E-state index contributed by atoms with van der Waals surface area (Å²) in [5.74, 6) is 0.646. The number of hydrogen-bond donors (Lipinski definition) is 3. The molecule has 2 heterocycles. The van der Waals surface area contributed by atoms with Crippen LogP contribution in [0.2, 0.25) is 0 Å². The molecule has 1 aliphatic heterocycles. The summed E-state index contributed by atoms with van der Waals surface area (Å²) < 4.78 is 5.43. The second-order valence-electron chi connectivity index (χ2n) is 8.55. The molecule has 1 fully saturated rings. The summed E-state index contributed by atoms with van der Waals surface area (Å²) in [6, 6.07) is 10.9. The number of unbranched alkanes of at least 4 members (excludes halogenated alkanes) is 1. The molecule has 8 heteroatoms. The minimum atomic E-state index is -0.279. The molecule has 0 spiro atoms. The van der Waals surface area contributed by atoms with Crippen molar-refractivity contribution in [2.45, 2.75) is 32.7 Å². The third-order valence-electron chi connectivity index (χ3n) is 5.86. The molecule has 0 atom stereocenters. The summed E-state index contributed by atoms with van der Waals surface area (Å²) in [5, 5.41) is 6.23. The highest BCUT2D eigenvalue weighted by Gasteiger charge is 2.13. The molecule has 1 aliphatic rings. The second-order valence-corrected chi connectivity index (χ2v) is 8.55. The van der Waals surface area contributed by atoms with E-state index in [1.54, 1.807) is 24.4 Å². The number of rotatable bonds is 13. The number of anilines is 2. The molecule has 2 aromatic rings. The first-order chi connectivity index (χ1) is 16.6. The highest BCUT2D eigenvalue weighted by atomic mass is 16.5. The molecule has 3 rings (SSSR count). The summed E-state index contributed by atoms with van der Waals surface area (Å²) in [6.07, 6.45) is 5.02. The van der Waals surface area contributed by atoms with E-state index in [9.17, 15) is 4.79 Å². The fourth-order valence-electron chi connectivity index (χ4n) is 3.82. The van der Waals surface area contributed by atoms with Gasteiger partial charge in [0.1, 0.15) is 5.69 Å². The Hall–Kier alpha value is -3.10. The Labute approximate surface area is 203 Å². The average Bonchev–Trinajstić information content (AvgIpc) is 2.86. The molecule has 8 nitrogen and oxygen atoms in total. The lowest BCUT2D eigenvalue weighted by atomic mass is 10.2. The number of morpholine rings is 1. The zero-order valence-corrected chi connectivity index (χ0v) is 20.3. The van der Waals surface area contributed by atoms with Crippen LogP contribution in [0, 0.1) is 0 Å². The number of nitrogens with zero attached hydrogens (tertiary/aromatic N) is 3. The van der Waals surface area contributed by atoms with Crippen molar-refractivity contribution < 1.29 is 9.53 Å². The van der Waals surface area contributed by atoms with E-state index in [0.29, 0.717) is 23.6 Å². The SMILES string of the molecule is C=C(NCCC)N(CCCCN1CCOCC1)Cc1ccc(C(=O)Nc2ccccc2N)nc1. The Morgan fingerprint density at radius 3 is 2.71 bits per heavy atom. The lowest BCUT2D eigenvalue weighted by Crippen LogP contribution is -2.37. The number of para-hydroxylation sites is 2. The maximum absolute atomic E-state index is 12.6. The van der Waals surface area contributed by atoms with Gasteiger partial charge in [0.2, 0.25) is 0 Å². The van der Waals surface area contributed by atoms with Gasteiger partial charge in [0.25, 0.3) is 5.91 Å². The zero-order chi connectivity index (χ0) is 24.2. The lowest BCUT2D eigenvalue weighted by Gasteiger charge is -2.29. The number of ether oxygens (including phenoxy) is 1. The largest absolute Gasteiger partial charge is 0.397 e. The molecule has 0 bridgehead atoms. The summed E-state index contributed by atoms with van der Waals surface area (Å²) >= 11 is 0. The predicted octanol–water partition coefficient (Wildman–Crippen LogP) is 3.30. The first-order valence-electron chi connectivity index (χ1n) is 12.2. The minimum absolute atomic E-state index is 0.279. The molecule has 1 saturated heterocycles. The molecule has 0 saturated carbocycles. The summed E-state index contributed by atoms with van der Waals surface area (Å²) in [5.41, 5.74) is 8.41. The number of aromatic nitrogens is 1. The molecular formula is C26H38N6O2. The van der Waals surface area contributed by atoms with Gasteiger partial charge in [-0.15, -0.1) is 0 Å². The van der Waals surface area contributed by atoms with Crippen LogP contribution in [-0.2, 0) is 11.3 Å². The van der Waals surface area contributed by atoms with Crippen LogP contribution in [0.25, 0.3) is 0 Å². The Morgan fingerprint density at radius 1 is 1.21 bits per heavy atom. The summed E-state index contributed by atoms with van der Waals surface area (Å²) in [4.78, 5) is 21.7. The van der Waals surface area contributed by atoms with Crippen molar-refractivity contribution in [3.05, 3.63) is 66.3 Å². The highest BCUT2D eigenvalue weighted by Crippen LogP contribution is 2.18. The molecule has 1 aromatic heterocycles. The fraction of sp³-hybridized carbons (Fsp3) is 0.462.